The molecular formula is C21H32N2O2+2. The Labute approximate surface area is 151 Å². The largest absolute Gasteiger partial charge is 0.493 e. The molecule has 1 aromatic carbocycles. The Morgan fingerprint density at radius 2 is 1.76 bits per heavy atom. The van der Waals surface area contributed by atoms with Gasteiger partial charge in [0.2, 0.25) is 0 Å². The number of quaternary nitrogens is 2. The van der Waals surface area contributed by atoms with Gasteiger partial charge in [-0.15, -0.1) is 0 Å². The van der Waals surface area contributed by atoms with Gasteiger partial charge in [-0.3, -0.25) is 0 Å². The zero-order valence-electron chi connectivity index (χ0n) is 15.6. The van der Waals surface area contributed by atoms with E-state index in [4.69, 9.17) is 9.47 Å². The minimum atomic E-state index is 0.841. The van der Waals surface area contributed by atoms with Gasteiger partial charge in [-0.2, -0.15) is 0 Å². The first-order valence-corrected chi connectivity index (χ1v) is 9.82. The number of hydrogen-bond acceptors (Lipinski definition) is 2. The summed E-state index contributed by atoms with van der Waals surface area (Å²) < 4.78 is 11.0. The normalized spacial score (nSPS) is 33.6. The van der Waals surface area contributed by atoms with Crippen molar-refractivity contribution in [1.29, 1.82) is 0 Å². The van der Waals surface area contributed by atoms with Crippen molar-refractivity contribution in [2.75, 3.05) is 46.9 Å². The van der Waals surface area contributed by atoms with Gasteiger partial charge in [-0.25, -0.2) is 0 Å². The SMILES string of the molecule is COc1cccc(C[NH+]2CC[NH+](C[C@@H]3C[C@H]4C=C[C@H]3C4)CC2)c1OC. The topological polar surface area (TPSA) is 27.3 Å². The van der Waals surface area contributed by atoms with Crippen molar-refractivity contribution in [2.45, 2.75) is 19.4 Å². The van der Waals surface area contributed by atoms with Crippen LogP contribution in [0.2, 0.25) is 0 Å². The van der Waals surface area contributed by atoms with E-state index in [1.54, 1.807) is 19.1 Å². The van der Waals surface area contributed by atoms with Crippen LogP contribution in [0, 0.1) is 17.8 Å². The third-order valence-corrected chi connectivity index (χ3v) is 6.56. The molecule has 2 bridgehead atoms. The highest BCUT2D eigenvalue weighted by atomic mass is 16.5. The zero-order valence-corrected chi connectivity index (χ0v) is 15.6. The van der Waals surface area contributed by atoms with Gasteiger partial charge in [0.1, 0.15) is 32.7 Å². The first-order chi connectivity index (χ1) is 12.3. The summed E-state index contributed by atoms with van der Waals surface area (Å²) >= 11 is 0. The fraction of sp³-hybridized carbons (Fsp3) is 0.619. The molecule has 0 unspecified atom stereocenters. The molecule has 4 rings (SSSR count). The lowest BCUT2D eigenvalue weighted by atomic mass is 9.93. The molecule has 2 N–H and O–H groups in total. The van der Waals surface area contributed by atoms with Crippen molar-refractivity contribution in [3.63, 3.8) is 0 Å². The maximum absolute atomic E-state index is 5.60. The zero-order chi connectivity index (χ0) is 17.2. The van der Waals surface area contributed by atoms with E-state index in [1.807, 2.05) is 11.0 Å². The van der Waals surface area contributed by atoms with E-state index in [1.165, 1.54) is 51.1 Å². The Kier molecular flexibility index (Phi) is 5.00. The van der Waals surface area contributed by atoms with Crippen LogP contribution in [0.15, 0.2) is 30.4 Å². The summed E-state index contributed by atoms with van der Waals surface area (Å²) in [5.41, 5.74) is 1.26. The lowest BCUT2D eigenvalue weighted by Crippen LogP contribution is -3.27. The quantitative estimate of drug-likeness (QED) is 0.722. The summed E-state index contributed by atoms with van der Waals surface area (Å²) in [6.07, 6.45) is 7.84. The molecule has 4 heteroatoms. The standard InChI is InChI=1S/C21H30N2O2/c1-24-20-5-3-4-18(21(20)25-2)14-22-8-10-23(11-9-22)15-19-13-16-6-7-17(19)12-16/h3-7,16-17,19H,8-15H2,1-2H3/p+2/t16-,17-,19-/m0/s1. The number of nitrogens with one attached hydrogen (secondary N) is 2. The number of piperazine rings is 1. The van der Waals surface area contributed by atoms with Crippen molar-refractivity contribution >= 4 is 0 Å². The van der Waals surface area contributed by atoms with Crippen LogP contribution in [-0.2, 0) is 6.54 Å². The van der Waals surface area contributed by atoms with E-state index in [0.29, 0.717) is 0 Å². The van der Waals surface area contributed by atoms with Crippen molar-refractivity contribution in [3.8, 4) is 11.5 Å². The molecule has 2 fully saturated rings. The molecule has 0 spiro atoms. The van der Waals surface area contributed by atoms with E-state index in [9.17, 15) is 0 Å². The number of allylic oxidation sites excluding steroid dienone is 2. The molecule has 0 aromatic heterocycles. The monoisotopic (exact) mass is 344 g/mol. The van der Waals surface area contributed by atoms with Crippen LogP contribution in [0.1, 0.15) is 18.4 Å². The molecule has 0 amide bonds. The molecule has 1 saturated heterocycles. The fourth-order valence-electron chi connectivity index (χ4n) is 5.20. The molecule has 1 saturated carbocycles. The molecule has 3 atom stereocenters. The number of benzene rings is 1. The van der Waals surface area contributed by atoms with Crippen LogP contribution in [-0.4, -0.2) is 46.9 Å². The summed E-state index contributed by atoms with van der Waals surface area (Å²) in [6.45, 7) is 7.54. The number of ether oxygens (including phenoxy) is 2. The molecular weight excluding hydrogens is 312 g/mol. The second-order valence-corrected chi connectivity index (χ2v) is 8.07. The highest BCUT2D eigenvalue weighted by Crippen LogP contribution is 2.42. The highest BCUT2D eigenvalue weighted by Gasteiger charge is 2.38. The molecule has 2 aliphatic carbocycles. The maximum Gasteiger partial charge on any atom is 0.169 e. The lowest BCUT2D eigenvalue weighted by Gasteiger charge is -2.32. The summed E-state index contributed by atoms with van der Waals surface area (Å²) in [5, 5.41) is 0. The second-order valence-electron chi connectivity index (χ2n) is 8.07. The predicted octanol–water partition coefficient (Wildman–Crippen LogP) is 0.199. The number of hydrogen-bond donors (Lipinski definition) is 2. The molecule has 1 aromatic rings. The molecule has 4 nitrogen and oxygen atoms in total. The van der Waals surface area contributed by atoms with Crippen LogP contribution in [0.3, 0.4) is 0 Å². The van der Waals surface area contributed by atoms with Crippen molar-refractivity contribution < 1.29 is 19.3 Å². The van der Waals surface area contributed by atoms with Crippen LogP contribution in [0.4, 0.5) is 0 Å². The lowest BCUT2D eigenvalue weighted by molar-refractivity contribution is -1.02. The maximum atomic E-state index is 5.60. The highest BCUT2D eigenvalue weighted by molar-refractivity contribution is 5.46. The Morgan fingerprint density at radius 1 is 0.960 bits per heavy atom. The van der Waals surface area contributed by atoms with Gasteiger partial charge in [0, 0.05) is 5.92 Å². The summed E-state index contributed by atoms with van der Waals surface area (Å²) in [7, 11) is 3.45. The van der Waals surface area contributed by atoms with E-state index in [0.717, 1.165) is 35.8 Å². The van der Waals surface area contributed by atoms with E-state index >= 15 is 0 Å². The number of para-hydroxylation sites is 1. The molecule has 25 heavy (non-hydrogen) atoms. The number of rotatable bonds is 6. The van der Waals surface area contributed by atoms with Gasteiger partial charge in [-0.05, 0) is 36.8 Å². The molecule has 1 aliphatic heterocycles. The molecule has 3 aliphatic rings. The van der Waals surface area contributed by atoms with E-state index in [2.05, 4.69) is 24.3 Å². The van der Waals surface area contributed by atoms with Gasteiger partial charge in [0.25, 0.3) is 0 Å². The number of methoxy groups -OCH3 is 2. The molecule has 0 radical (unpaired) electrons. The molecule has 1 heterocycles. The van der Waals surface area contributed by atoms with Crippen LogP contribution < -0.4 is 19.3 Å². The van der Waals surface area contributed by atoms with Gasteiger partial charge in [-0.1, -0.05) is 18.2 Å². The smallest absolute Gasteiger partial charge is 0.169 e. The van der Waals surface area contributed by atoms with Crippen molar-refractivity contribution in [3.05, 3.63) is 35.9 Å². The Balaban J connectivity index is 1.30. The molecule has 136 valence electrons. The average Bonchev–Trinajstić information content (AvgIpc) is 3.26. The Hall–Kier alpha value is -1.52. The van der Waals surface area contributed by atoms with E-state index < -0.39 is 0 Å². The minimum absolute atomic E-state index is 0.841. The van der Waals surface area contributed by atoms with E-state index in [-0.39, 0.29) is 0 Å². The van der Waals surface area contributed by atoms with Gasteiger partial charge < -0.3 is 19.3 Å². The van der Waals surface area contributed by atoms with Crippen LogP contribution >= 0.6 is 0 Å². The minimum Gasteiger partial charge on any atom is -0.493 e. The number of fused-ring (bicyclic) bond motifs is 2. The van der Waals surface area contributed by atoms with Gasteiger partial charge in [0.05, 0.1) is 26.3 Å². The summed E-state index contributed by atoms with van der Waals surface area (Å²) in [6, 6.07) is 6.22. The van der Waals surface area contributed by atoms with Crippen LogP contribution in [0.25, 0.3) is 0 Å². The Morgan fingerprint density at radius 3 is 2.40 bits per heavy atom. The second kappa shape index (κ2) is 7.38. The van der Waals surface area contributed by atoms with Crippen molar-refractivity contribution in [2.24, 2.45) is 17.8 Å². The predicted molar refractivity (Wildman–Crippen MR) is 98.4 cm³/mol. The van der Waals surface area contributed by atoms with Gasteiger partial charge in [0.15, 0.2) is 11.5 Å². The van der Waals surface area contributed by atoms with Gasteiger partial charge >= 0.3 is 0 Å². The first-order valence-electron chi connectivity index (χ1n) is 9.82. The summed E-state index contributed by atoms with van der Waals surface area (Å²) in [4.78, 5) is 3.50. The van der Waals surface area contributed by atoms with Crippen LogP contribution in [0.5, 0.6) is 11.5 Å². The van der Waals surface area contributed by atoms with Crippen molar-refractivity contribution in [1.82, 2.24) is 0 Å². The third-order valence-electron chi connectivity index (χ3n) is 6.56. The summed E-state index contributed by atoms with van der Waals surface area (Å²) in [5.74, 6) is 4.49. The third kappa shape index (κ3) is 3.56. The Bertz CT molecular complexity index is 622. The first kappa shape index (κ1) is 16.9. The fourth-order valence-corrected chi connectivity index (χ4v) is 5.20. The average molecular weight is 344 g/mol.